The summed E-state index contributed by atoms with van der Waals surface area (Å²) in [5, 5.41) is 23.1. The van der Waals surface area contributed by atoms with Crippen LogP contribution in [-0.2, 0) is 6.54 Å². The average molecular weight is 184 g/mol. The fraction of sp³-hybridized carbons (Fsp3) is 0.667. The summed E-state index contributed by atoms with van der Waals surface area (Å²) < 4.78 is 1.68. The second-order valence-corrected chi connectivity index (χ2v) is 2.99. The molecule has 2 unspecified atom stereocenters. The van der Waals surface area contributed by atoms with Crippen molar-refractivity contribution in [1.29, 1.82) is 0 Å². The smallest absolute Gasteiger partial charge is 0.121 e. The highest BCUT2D eigenvalue weighted by Gasteiger charge is 2.19. The van der Waals surface area contributed by atoms with Crippen LogP contribution in [0.2, 0.25) is 0 Å². The zero-order valence-electron chi connectivity index (χ0n) is 8.01. The van der Waals surface area contributed by atoms with E-state index in [4.69, 9.17) is 0 Å². The van der Waals surface area contributed by atoms with Gasteiger partial charge in [0.25, 0.3) is 0 Å². The van der Waals surface area contributed by atoms with Crippen LogP contribution in [0, 0.1) is 0 Å². The molecule has 0 aliphatic rings. The maximum Gasteiger partial charge on any atom is 0.121 e. The lowest BCUT2D eigenvalue weighted by molar-refractivity contribution is 0.0112. The van der Waals surface area contributed by atoms with Gasteiger partial charge in [-0.1, -0.05) is 6.92 Å². The highest BCUT2D eigenvalue weighted by molar-refractivity contribution is 5.06. The van der Waals surface area contributed by atoms with Gasteiger partial charge >= 0.3 is 0 Å². The Kier molecular flexibility index (Phi) is 3.45. The van der Waals surface area contributed by atoms with Crippen molar-refractivity contribution in [3.05, 3.63) is 18.0 Å². The lowest BCUT2D eigenvalue weighted by Crippen LogP contribution is -2.20. The van der Waals surface area contributed by atoms with E-state index in [2.05, 4.69) is 5.10 Å². The van der Waals surface area contributed by atoms with Gasteiger partial charge in [0.1, 0.15) is 6.10 Å². The number of aromatic nitrogens is 2. The molecule has 1 aromatic heterocycles. The lowest BCUT2D eigenvalue weighted by atomic mass is 10.1. The summed E-state index contributed by atoms with van der Waals surface area (Å²) in [5.74, 6) is 0. The van der Waals surface area contributed by atoms with Crippen molar-refractivity contribution in [2.24, 2.45) is 0 Å². The zero-order valence-corrected chi connectivity index (χ0v) is 8.01. The van der Waals surface area contributed by atoms with Gasteiger partial charge in [0, 0.05) is 12.7 Å². The summed E-state index contributed by atoms with van der Waals surface area (Å²) in [4.78, 5) is 0. The Morgan fingerprint density at radius 1 is 1.46 bits per heavy atom. The molecule has 2 atom stereocenters. The summed E-state index contributed by atoms with van der Waals surface area (Å²) in [6, 6.07) is 1.73. The van der Waals surface area contributed by atoms with Crippen LogP contribution in [0.15, 0.2) is 12.3 Å². The standard InChI is InChI=1S/C9H16N2O2/c1-3-8(12)9(13)7-5-6-10-11(7)4-2/h5-6,8-9,12-13H,3-4H2,1-2H3. The molecule has 0 saturated heterocycles. The zero-order chi connectivity index (χ0) is 9.84. The molecule has 0 amide bonds. The van der Waals surface area contributed by atoms with E-state index in [1.807, 2.05) is 13.8 Å². The fourth-order valence-electron chi connectivity index (χ4n) is 1.28. The van der Waals surface area contributed by atoms with Crippen LogP contribution >= 0.6 is 0 Å². The third-order valence-corrected chi connectivity index (χ3v) is 2.13. The molecular weight excluding hydrogens is 168 g/mol. The second-order valence-electron chi connectivity index (χ2n) is 2.99. The van der Waals surface area contributed by atoms with E-state index in [-0.39, 0.29) is 0 Å². The molecule has 0 radical (unpaired) electrons. The summed E-state index contributed by atoms with van der Waals surface area (Å²) in [7, 11) is 0. The van der Waals surface area contributed by atoms with E-state index < -0.39 is 12.2 Å². The molecule has 0 aliphatic carbocycles. The highest BCUT2D eigenvalue weighted by Crippen LogP contribution is 2.17. The summed E-state index contributed by atoms with van der Waals surface area (Å²) in [6.07, 6.45) is 0.634. The van der Waals surface area contributed by atoms with Crippen LogP contribution in [0.25, 0.3) is 0 Å². The van der Waals surface area contributed by atoms with Gasteiger partial charge in [-0.2, -0.15) is 5.10 Å². The van der Waals surface area contributed by atoms with Crippen LogP contribution in [-0.4, -0.2) is 26.1 Å². The van der Waals surface area contributed by atoms with Gasteiger partial charge in [0.05, 0.1) is 11.8 Å². The predicted octanol–water partition coefficient (Wildman–Crippen LogP) is 0.707. The Labute approximate surface area is 77.8 Å². The SMILES string of the molecule is CCC(O)C(O)c1ccnn1CC. The van der Waals surface area contributed by atoms with Crippen LogP contribution in [0.4, 0.5) is 0 Å². The molecule has 0 spiro atoms. The van der Waals surface area contributed by atoms with Crippen molar-refractivity contribution in [1.82, 2.24) is 9.78 Å². The Morgan fingerprint density at radius 2 is 2.15 bits per heavy atom. The number of nitrogens with zero attached hydrogens (tertiary/aromatic N) is 2. The third-order valence-electron chi connectivity index (χ3n) is 2.13. The molecule has 13 heavy (non-hydrogen) atoms. The molecule has 4 heteroatoms. The minimum atomic E-state index is -0.826. The third kappa shape index (κ3) is 2.08. The van der Waals surface area contributed by atoms with Gasteiger partial charge in [-0.25, -0.2) is 0 Å². The monoisotopic (exact) mass is 184 g/mol. The van der Waals surface area contributed by atoms with Crippen molar-refractivity contribution in [2.75, 3.05) is 0 Å². The van der Waals surface area contributed by atoms with Crippen LogP contribution in [0.1, 0.15) is 32.1 Å². The molecule has 0 aliphatic heterocycles. The first kappa shape index (κ1) is 10.2. The molecule has 1 rings (SSSR count). The van der Waals surface area contributed by atoms with Gasteiger partial charge in [0.15, 0.2) is 0 Å². The molecule has 0 fully saturated rings. The molecule has 1 heterocycles. The number of rotatable bonds is 4. The number of aliphatic hydroxyl groups excluding tert-OH is 2. The van der Waals surface area contributed by atoms with Crippen molar-refractivity contribution in [2.45, 2.75) is 39.0 Å². The Hall–Kier alpha value is -0.870. The molecule has 74 valence electrons. The van der Waals surface area contributed by atoms with E-state index in [0.29, 0.717) is 18.7 Å². The van der Waals surface area contributed by atoms with E-state index in [0.717, 1.165) is 0 Å². The summed E-state index contributed by atoms with van der Waals surface area (Å²) >= 11 is 0. The molecule has 2 N–H and O–H groups in total. The van der Waals surface area contributed by atoms with E-state index in [9.17, 15) is 10.2 Å². The first-order valence-corrected chi connectivity index (χ1v) is 4.58. The lowest BCUT2D eigenvalue weighted by Gasteiger charge is -2.16. The Balaban J connectivity index is 2.81. The average Bonchev–Trinajstić information content (AvgIpc) is 2.62. The van der Waals surface area contributed by atoms with Gasteiger partial charge in [0.2, 0.25) is 0 Å². The Bertz CT molecular complexity index is 260. The first-order valence-electron chi connectivity index (χ1n) is 4.58. The van der Waals surface area contributed by atoms with Gasteiger partial charge < -0.3 is 10.2 Å². The number of hydrogen-bond donors (Lipinski definition) is 2. The minimum Gasteiger partial charge on any atom is -0.390 e. The molecule has 4 nitrogen and oxygen atoms in total. The Morgan fingerprint density at radius 3 is 2.69 bits per heavy atom. The van der Waals surface area contributed by atoms with Crippen molar-refractivity contribution in [3.63, 3.8) is 0 Å². The van der Waals surface area contributed by atoms with E-state index >= 15 is 0 Å². The van der Waals surface area contributed by atoms with Crippen LogP contribution < -0.4 is 0 Å². The highest BCUT2D eigenvalue weighted by atomic mass is 16.3. The van der Waals surface area contributed by atoms with Crippen molar-refractivity contribution >= 4 is 0 Å². The molecule has 0 aromatic carbocycles. The topological polar surface area (TPSA) is 58.3 Å². The largest absolute Gasteiger partial charge is 0.390 e. The molecule has 0 saturated carbocycles. The summed E-state index contributed by atoms with van der Waals surface area (Å²) in [5.41, 5.74) is 0.678. The van der Waals surface area contributed by atoms with Crippen LogP contribution in [0.5, 0.6) is 0 Å². The molecular formula is C9H16N2O2. The van der Waals surface area contributed by atoms with Gasteiger partial charge in [-0.05, 0) is 19.4 Å². The number of aryl methyl sites for hydroxylation is 1. The number of aliphatic hydroxyl groups is 2. The fourth-order valence-corrected chi connectivity index (χ4v) is 1.28. The van der Waals surface area contributed by atoms with Gasteiger partial charge in [-0.3, -0.25) is 4.68 Å². The quantitative estimate of drug-likeness (QED) is 0.724. The molecule has 0 bridgehead atoms. The maximum atomic E-state index is 9.68. The summed E-state index contributed by atoms with van der Waals surface area (Å²) in [6.45, 7) is 4.48. The van der Waals surface area contributed by atoms with Crippen molar-refractivity contribution < 1.29 is 10.2 Å². The minimum absolute atomic E-state index is 0.538. The normalized spacial score (nSPS) is 15.7. The number of hydrogen-bond acceptors (Lipinski definition) is 3. The van der Waals surface area contributed by atoms with Gasteiger partial charge in [-0.15, -0.1) is 0 Å². The van der Waals surface area contributed by atoms with Crippen molar-refractivity contribution in [3.8, 4) is 0 Å². The maximum absolute atomic E-state index is 9.68. The second kappa shape index (κ2) is 4.39. The first-order chi connectivity index (χ1) is 6.20. The van der Waals surface area contributed by atoms with E-state index in [1.54, 1.807) is 16.9 Å². The van der Waals surface area contributed by atoms with Crippen LogP contribution in [0.3, 0.4) is 0 Å². The van der Waals surface area contributed by atoms with E-state index in [1.165, 1.54) is 0 Å². The predicted molar refractivity (Wildman–Crippen MR) is 49.2 cm³/mol. The molecule has 1 aromatic rings.